The van der Waals surface area contributed by atoms with Crippen molar-refractivity contribution in [1.82, 2.24) is 0 Å². The summed E-state index contributed by atoms with van der Waals surface area (Å²) in [6.07, 6.45) is 1.55. The van der Waals surface area contributed by atoms with Crippen LogP contribution in [0.25, 0.3) is 11.3 Å². The molecule has 1 aromatic heterocycles. The highest BCUT2D eigenvalue weighted by Crippen LogP contribution is 2.25. The van der Waals surface area contributed by atoms with Gasteiger partial charge in [0.05, 0.1) is 11.8 Å². The van der Waals surface area contributed by atoms with Crippen LogP contribution >= 0.6 is 15.9 Å². The van der Waals surface area contributed by atoms with Crippen LogP contribution in [0.3, 0.4) is 0 Å². The van der Waals surface area contributed by atoms with Gasteiger partial charge in [0.2, 0.25) is 0 Å². The normalized spacial score (nSPS) is 10.2. The van der Waals surface area contributed by atoms with Gasteiger partial charge in [-0.1, -0.05) is 15.9 Å². The molecule has 0 unspecified atom stereocenters. The third-order valence-electron chi connectivity index (χ3n) is 1.95. The fourth-order valence-electron chi connectivity index (χ4n) is 1.30. The van der Waals surface area contributed by atoms with E-state index in [0.717, 1.165) is 5.56 Å². The Morgan fingerprint density at radius 1 is 1.33 bits per heavy atom. The van der Waals surface area contributed by atoms with Crippen LogP contribution in [0.15, 0.2) is 45.5 Å². The summed E-state index contributed by atoms with van der Waals surface area (Å²) in [6.45, 7) is 0. The zero-order valence-electron chi connectivity index (χ0n) is 7.61. The van der Waals surface area contributed by atoms with E-state index in [1.165, 1.54) is 0 Å². The van der Waals surface area contributed by atoms with Crippen molar-refractivity contribution in [2.75, 3.05) is 0 Å². The van der Waals surface area contributed by atoms with Gasteiger partial charge >= 0.3 is 5.97 Å². The fraction of sp³-hybridized carbons (Fsp3) is 0. The minimum absolute atomic E-state index is 0.232. The van der Waals surface area contributed by atoms with E-state index in [1.54, 1.807) is 30.5 Å². The fourth-order valence-corrected chi connectivity index (χ4v) is 1.79. The Bertz CT molecular complexity index is 489. The van der Waals surface area contributed by atoms with E-state index in [1.807, 2.05) is 6.07 Å². The van der Waals surface area contributed by atoms with Crippen LogP contribution in [-0.4, -0.2) is 11.1 Å². The molecule has 0 saturated carbocycles. The zero-order chi connectivity index (χ0) is 10.8. The van der Waals surface area contributed by atoms with Crippen molar-refractivity contribution in [3.8, 4) is 11.3 Å². The topological polar surface area (TPSA) is 50.4 Å². The first-order chi connectivity index (χ1) is 7.16. The highest BCUT2D eigenvalue weighted by molar-refractivity contribution is 9.10. The number of rotatable bonds is 2. The molecule has 1 heterocycles. The molecule has 0 atom stereocenters. The number of furan rings is 1. The average molecular weight is 267 g/mol. The Morgan fingerprint density at radius 3 is 2.73 bits per heavy atom. The van der Waals surface area contributed by atoms with Crippen molar-refractivity contribution in [2.45, 2.75) is 0 Å². The molecular weight excluding hydrogens is 260 g/mol. The van der Waals surface area contributed by atoms with Crippen molar-refractivity contribution in [1.29, 1.82) is 0 Å². The van der Waals surface area contributed by atoms with Crippen molar-refractivity contribution >= 4 is 21.9 Å². The molecule has 4 heteroatoms. The number of hydrogen-bond donors (Lipinski definition) is 1. The number of carboxylic acids is 1. The quantitative estimate of drug-likeness (QED) is 0.907. The lowest BCUT2D eigenvalue weighted by atomic mass is 10.1. The standard InChI is InChI=1S/C11H7BrO3/c12-9-5-7(10-2-1-3-15-10)4-8(6-9)11(13)14/h1-6H,(H,13,14). The van der Waals surface area contributed by atoms with Gasteiger partial charge in [0.15, 0.2) is 0 Å². The van der Waals surface area contributed by atoms with Crippen LogP contribution in [-0.2, 0) is 0 Å². The maximum absolute atomic E-state index is 10.8. The van der Waals surface area contributed by atoms with Gasteiger partial charge in [-0.05, 0) is 30.3 Å². The van der Waals surface area contributed by atoms with E-state index in [2.05, 4.69) is 15.9 Å². The Morgan fingerprint density at radius 2 is 2.13 bits per heavy atom. The van der Waals surface area contributed by atoms with Crippen LogP contribution in [0.2, 0.25) is 0 Å². The Kier molecular flexibility index (Phi) is 2.60. The SMILES string of the molecule is O=C(O)c1cc(Br)cc(-c2ccco2)c1. The van der Waals surface area contributed by atoms with E-state index in [9.17, 15) is 4.79 Å². The minimum atomic E-state index is -0.955. The maximum Gasteiger partial charge on any atom is 0.335 e. The first-order valence-corrected chi connectivity index (χ1v) is 5.04. The highest BCUT2D eigenvalue weighted by Gasteiger charge is 2.08. The zero-order valence-corrected chi connectivity index (χ0v) is 9.19. The van der Waals surface area contributed by atoms with Gasteiger partial charge in [-0.15, -0.1) is 0 Å². The first kappa shape index (κ1) is 9.98. The van der Waals surface area contributed by atoms with Crippen molar-refractivity contribution in [3.63, 3.8) is 0 Å². The van der Waals surface area contributed by atoms with Gasteiger partial charge in [0, 0.05) is 10.0 Å². The van der Waals surface area contributed by atoms with Gasteiger partial charge < -0.3 is 9.52 Å². The number of aromatic carboxylic acids is 1. The number of carbonyl (C=O) groups is 1. The second kappa shape index (κ2) is 3.90. The lowest BCUT2D eigenvalue weighted by molar-refractivity contribution is 0.0697. The summed E-state index contributed by atoms with van der Waals surface area (Å²) in [5, 5.41) is 8.88. The molecule has 0 saturated heterocycles. The molecule has 0 bridgehead atoms. The predicted octanol–water partition coefficient (Wildman–Crippen LogP) is 3.41. The molecule has 0 spiro atoms. The molecule has 0 fully saturated rings. The molecule has 0 aliphatic heterocycles. The van der Waals surface area contributed by atoms with Gasteiger partial charge in [-0.3, -0.25) is 0 Å². The van der Waals surface area contributed by atoms with Gasteiger partial charge in [-0.25, -0.2) is 4.79 Å². The molecule has 15 heavy (non-hydrogen) atoms. The number of carboxylic acid groups (broad SMARTS) is 1. The highest BCUT2D eigenvalue weighted by atomic mass is 79.9. The van der Waals surface area contributed by atoms with Crippen LogP contribution < -0.4 is 0 Å². The molecule has 0 aliphatic rings. The lowest BCUT2D eigenvalue weighted by Crippen LogP contribution is -1.96. The monoisotopic (exact) mass is 266 g/mol. The van der Waals surface area contributed by atoms with Crippen LogP contribution in [0.4, 0.5) is 0 Å². The summed E-state index contributed by atoms with van der Waals surface area (Å²) in [5.74, 6) is -0.303. The molecule has 0 radical (unpaired) electrons. The van der Waals surface area contributed by atoms with E-state index >= 15 is 0 Å². The summed E-state index contributed by atoms with van der Waals surface area (Å²) < 4.78 is 5.91. The molecule has 2 aromatic rings. The van der Waals surface area contributed by atoms with E-state index in [4.69, 9.17) is 9.52 Å². The molecule has 76 valence electrons. The number of benzene rings is 1. The van der Waals surface area contributed by atoms with E-state index in [0.29, 0.717) is 10.2 Å². The molecule has 1 N–H and O–H groups in total. The summed E-state index contributed by atoms with van der Waals surface area (Å²) in [7, 11) is 0. The van der Waals surface area contributed by atoms with Crippen molar-refractivity contribution in [2.24, 2.45) is 0 Å². The summed E-state index contributed by atoms with van der Waals surface area (Å²) in [4.78, 5) is 10.8. The molecule has 1 aromatic carbocycles. The van der Waals surface area contributed by atoms with Crippen LogP contribution in [0.1, 0.15) is 10.4 Å². The minimum Gasteiger partial charge on any atom is -0.478 e. The van der Waals surface area contributed by atoms with Gasteiger partial charge in [-0.2, -0.15) is 0 Å². The predicted molar refractivity (Wildman–Crippen MR) is 58.8 cm³/mol. The second-order valence-corrected chi connectivity index (χ2v) is 3.93. The largest absolute Gasteiger partial charge is 0.478 e. The molecular formula is C11H7BrO3. The Labute approximate surface area is 94.5 Å². The summed E-state index contributed by atoms with van der Waals surface area (Å²) in [5.41, 5.74) is 0.975. The average Bonchev–Trinajstić information content (AvgIpc) is 2.69. The third-order valence-corrected chi connectivity index (χ3v) is 2.41. The molecule has 3 nitrogen and oxygen atoms in total. The lowest BCUT2D eigenvalue weighted by Gasteiger charge is -2.01. The third kappa shape index (κ3) is 2.10. The molecule has 0 amide bonds. The maximum atomic E-state index is 10.8. The number of halogens is 1. The Hall–Kier alpha value is -1.55. The smallest absolute Gasteiger partial charge is 0.335 e. The van der Waals surface area contributed by atoms with Crippen molar-refractivity contribution in [3.05, 3.63) is 46.6 Å². The summed E-state index contributed by atoms with van der Waals surface area (Å²) in [6, 6.07) is 8.48. The van der Waals surface area contributed by atoms with Gasteiger partial charge in [0.1, 0.15) is 5.76 Å². The van der Waals surface area contributed by atoms with Crippen LogP contribution in [0.5, 0.6) is 0 Å². The number of hydrogen-bond acceptors (Lipinski definition) is 2. The van der Waals surface area contributed by atoms with E-state index < -0.39 is 5.97 Å². The van der Waals surface area contributed by atoms with Gasteiger partial charge in [0.25, 0.3) is 0 Å². The van der Waals surface area contributed by atoms with Crippen LogP contribution in [0, 0.1) is 0 Å². The Balaban J connectivity index is 2.54. The molecule has 2 rings (SSSR count). The first-order valence-electron chi connectivity index (χ1n) is 4.24. The molecule has 0 aliphatic carbocycles. The second-order valence-electron chi connectivity index (χ2n) is 3.01. The van der Waals surface area contributed by atoms with E-state index in [-0.39, 0.29) is 5.56 Å². The van der Waals surface area contributed by atoms with Crippen molar-refractivity contribution < 1.29 is 14.3 Å². The summed E-state index contributed by atoms with van der Waals surface area (Å²) >= 11 is 3.26.